The molecular formula is C31H54N4O2S. The predicted octanol–water partition coefficient (Wildman–Crippen LogP) is 5.27. The lowest BCUT2D eigenvalue weighted by Gasteiger charge is -2.32. The zero-order chi connectivity index (χ0) is 27.8. The number of carbonyl (C=O) groups is 2. The van der Waals surface area contributed by atoms with Gasteiger partial charge in [-0.05, 0) is 73.3 Å². The summed E-state index contributed by atoms with van der Waals surface area (Å²) in [4.78, 5) is 32.8. The summed E-state index contributed by atoms with van der Waals surface area (Å²) in [7, 11) is 2.12. The van der Waals surface area contributed by atoms with Gasteiger partial charge in [0, 0.05) is 50.8 Å². The number of piperazine rings is 1. The van der Waals surface area contributed by atoms with E-state index in [9.17, 15) is 9.59 Å². The Hall–Kier alpha value is -1.57. The van der Waals surface area contributed by atoms with Gasteiger partial charge in [-0.2, -0.15) is 11.8 Å². The molecule has 1 unspecified atom stereocenters. The van der Waals surface area contributed by atoms with E-state index in [0.717, 1.165) is 83.5 Å². The van der Waals surface area contributed by atoms with Crippen LogP contribution in [0, 0.1) is 0 Å². The lowest BCUT2D eigenvalue weighted by molar-refractivity contribution is -0.136. The fourth-order valence-corrected chi connectivity index (χ4v) is 5.86. The predicted molar refractivity (Wildman–Crippen MR) is 164 cm³/mol. The molecule has 2 rings (SSSR count). The standard InChI is InChI=1S/C31H54N4O2S/c1-26(2)12-10-13-27(3)14-11-15-28(4)16-23-38-25-29(31(37)35-17-8-6-7-9-18-35)32-30(36)24-34-21-19-33(5)20-22-34/h12,14,16,29H,6-11,13,15,17-25H2,1-5H3,(H,32,36)/b27-14+,28-16+. The maximum Gasteiger partial charge on any atom is 0.246 e. The quantitative estimate of drug-likeness (QED) is 0.238. The average Bonchev–Trinajstić information content (AvgIpc) is 3.16. The van der Waals surface area contributed by atoms with E-state index in [4.69, 9.17) is 0 Å². The maximum absolute atomic E-state index is 13.4. The van der Waals surface area contributed by atoms with E-state index in [-0.39, 0.29) is 11.8 Å². The van der Waals surface area contributed by atoms with Crippen LogP contribution in [0.3, 0.4) is 0 Å². The zero-order valence-corrected chi connectivity index (χ0v) is 25.7. The second-order valence-corrected chi connectivity index (χ2v) is 12.5. The highest BCUT2D eigenvalue weighted by atomic mass is 32.2. The van der Waals surface area contributed by atoms with Crippen LogP contribution in [0.4, 0.5) is 0 Å². The van der Waals surface area contributed by atoms with Gasteiger partial charge in [0.2, 0.25) is 11.8 Å². The highest BCUT2D eigenvalue weighted by molar-refractivity contribution is 7.99. The molecule has 0 radical (unpaired) electrons. The number of amides is 2. The molecule has 0 spiro atoms. The molecule has 2 fully saturated rings. The van der Waals surface area contributed by atoms with Gasteiger partial charge in [0.1, 0.15) is 6.04 Å². The fourth-order valence-electron chi connectivity index (χ4n) is 4.86. The lowest BCUT2D eigenvalue weighted by Crippen LogP contribution is -2.54. The highest BCUT2D eigenvalue weighted by Gasteiger charge is 2.27. The van der Waals surface area contributed by atoms with Crippen LogP contribution in [-0.4, -0.2) is 96.9 Å². The topological polar surface area (TPSA) is 55.9 Å². The number of hydrogen-bond donors (Lipinski definition) is 1. The molecule has 2 heterocycles. The second kappa shape index (κ2) is 18.7. The van der Waals surface area contributed by atoms with E-state index in [1.165, 1.54) is 29.6 Å². The van der Waals surface area contributed by atoms with Gasteiger partial charge in [0.25, 0.3) is 0 Å². The van der Waals surface area contributed by atoms with Gasteiger partial charge in [0.15, 0.2) is 0 Å². The normalized spacial score (nSPS) is 19.1. The number of rotatable bonds is 14. The summed E-state index contributed by atoms with van der Waals surface area (Å²) < 4.78 is 0. The molecule has 6 nitrogen and oxygen atoms in total. The summed E-state index contributed by atoms with van der Waals surface area (Å²) in [6.45, 7) is 14.5. The van der Waals surface area contributed by atoms with Crippen molar-refractivity contribution in [2.75, 3.05) is 64.4 Å². The van der Waals surface area contributed by atoms with Crippen LogP contribution in [0.5, 0.6) is 0 Å². The number of allylic oxidation sites excluding steroid dienone is 5. The number of nitrogens with zero attached hydrogens (tertiary/aromatic N) is 3. The number of thioether (sulfide) groups is 1. The van der Waals surface area contributed by atoms with Crippen molar-refractivity contribution in [3.05, 3.63) is 34.9 Å². The Kier molecular flexibility index (Phi) is 16.0. The number of nitrogens with one attached hydrogen (secondary N) is 1. The Morgan fingerprint density at radius 2 is 1.42 bits per heavy atom. The molecule has 2 saturated heterocycles. The van der Waals surface area contributed by atoms with Gasteiger partial charge in [-0.3, -0.25) is 14.5 Å². The van der Waals surface area contributed by atoms with Crippen LogP contribution in [0.25, 0.3) is 0 Å². The van der Waals surface area contributed by atoms with Crippen LogP contribution in [-0.2, 0) is 9.59 Å². The number of hydrogen-bond acceptors (Lipinski definition) is 5. The van der Waals surface area contributed by atoms with Crippen molar-refractivity contribution in [3.8, 4) is 0 Å². The smallest absolute Gasteiger partial charge is 0.246 e. The van der Waals surface area contributed by atoms with E-state index >= 15 is 0 Å². The van der Waals surface area contributed by atoms with Crippen molar-refractivity contribution in [2.24, 2.45) is 0 Å². The van der Waals surface area contributed by atoms with Gasteiger partial charge in [-0.25, -0.2) is 0 Å². The molecule has 0 bridgehead atoms. The Morgan fingerprint density at radius 1 is 0.816 bits per heavy atom. The van der Waals surface area contributed by atoms with Crippen molar-refractivity contribution < 1.29 is 9.59 Å². The Bertz CT molecular complexity index is 803. The van der Waals surface area contributed by atoms with Crippen LogP contribution < -0.4 is 5.32 Å². The summed E-state index contributed by atoms with van der Waals surface area (Å²) in [5.41, 5.74) is 4.24. The van der Waals surface area contributed by atoms with E-state index in [1.807, 2.05) is 4.90 Å². The van der Waals surface area contributed by atoms with E-state index in [1.54, 1.807) is 11.8 Å². The molecular weight excluding hydrogens is 492 g/mol. The van der Waals surface area contributed by atoms with Gasteiger partial charge < -0.3 is 15.1 Å². The van der Waals surface area contributed by atoms with Crippen molar-refractivity contribution >= 4 is 23.6 Å². The molecule has 0 aromatic heterocycles. The van der Waals surface area contributed by atoms with Gasteiger partial charge in [-0.15, -0.1) is 0 Å². The maximum atomic E-state index is 13.4. The first-order chi connectivity index (χ1) is 18.2. The minimum Gasteiger partial charge on any atom is -0.342 e. The second-order valence-electron chi connectivity index (χ2n) is 11.4. The zero-order valence-electron chi connectivity index (χ0n) is 24.9. The first-order valence-electron chi connectivity index (χ1n) is 14.8. The Labute approximate surface area is 237 Å². The summed E-state index contributed by atoms with van der Waals surface area (Å²) in [5.74, 6) is 1.56. The Morgan fingerprint density at radius 3 is 2.05 bits per heavy atom. The summed E-state index contributed by atoms with van der Waals surface area (Å²) >= 11 is 1.75. The van der Waals surface area contributed by atoms with Crippen molar-refractivity contribution in [2.45, 2.75) is 85.1 Å². The first kappa shape index (κ1) is 32.6. The first-order valence-corrected chi connectivity index (χ1v) is 15.9. The molecule has 216 valence electrons. The minimum absolute atomic E-state index is 0.0261. The molecule has 1 N–H and O–H groups in total. The van der Waals surface area contributed by atoms with Crippen molar-refractivity contribution in [1.29, 1.82) is 0 Å². The van der Waals surface area contributed by atoms with Crippen LogP contribution in [0.1, 0.15) is 79.1 Å². The van der Waals surface area contributed by atoms with E-state index < -0.39 is 6.04 Å². The minimum atomic E-state index is -0.446. The molecule has 2 amide bonds. The molecule has 0 aliphatic carbocycles. The monoisotopic (exact) mass is 546 g/mol. The third kappa shape index (κ3) is 14.0. The summed E-state index contributed by atoms with van der Waals surface area (Å²) in [5, 5.41) is 3.11. The average molecular weight is 547 g/mol. The SMILES string of the molecule is CC(C)=CCC/C(C)=C/CC/C(C)=C/CSCC(NC(=O)CN1CCN(C)CC1)C(=O)N1CCCCCC1. The molecule has 38 heavy (non-hydrogen) atoms. The molecule has 0 saturated carbocycles. The van der Waals surface area contributed by atoms with Crippen LogP contribution in [0.15, 0.2) is 34.9 Å². The Balaban J connectivity index is 1.83. The number of likely N-dealkylation sites (tertiary alicyclic amines) is 1. The van der Waals surface area contributed by atoms with E-state index in [0.29, 0.717) is 12.3 Å². The molecule has 7 heteroatoms. The molecule has 2 aliphatic rings. The molecule has 2 aliphatic heterocycles. The van der Waals surface area contributed by atoms with Crippen molar-refractivity contribution in [3.63, 3.8) is 0 Å². The number of likely N-dealkylation sites (N-methyl/N-ethyl adjacent to an activating group) is 1. The number of carbonyl (C=O) groups excluding carboxylic acids is 2. The highest BCUT2D eigenvalue weighted by Crippen LogP contribution is 2.15. The fraction of sp³-hybridized carbons (Fsp3) is 0.742. The van der Waals surface area contributed by atoms with Crippen LogP contribution in [0.2, 0.25) is 0 Å². The summed E-state index contributed by atoms with van der Waals surface area (Å²) in [6, 6.07) is -0.446. The van der Waals surface area contributed by atoms with E-state index in [2.05, 4.69) is 68.1 Å². The third-order valence-corrected chi connectivity index (χ3v) is 8.44. The van der Waals surface area contributed by atoms with Crippen LogP contribution >= 0.6 is 11.8 Å². The van der Waals surface area contributed by atoms with Gasteiger partial charge >= 0.3 is 0 Å². The summed E-state index contributed by atoms with van der Waals surface area (Å²) in [6.07, 6.45) is 15.9. The third-order valence-electron chi connectivity index (χ3n) is 7.47. The molecule has 0 aromatic carbocycles. The van der Waals surface area contributed by atoms with Gasteiger partial charge in [-0.1, -0.05) is 47.8 Å². The molecule has 1 atom stereocenters. The van der Waals surface area contributed by atoms with Gasteiger partial charge in [0.05, 0.1) is 6.54 Å². The largest absolute Gasteiger partial charge is 0.342 e. The molecule has 0 aromatic rings. The van der Waals surface area contributed by atoms with Crippen molar-refractivity contribution in [1.82, 2.24) is 20.0 Å². The lowest BCUT2D eigenvalue weighted by atomic mass is 10.1.